The molecule has 0 bridgehead atoms. The molecule has 1 aromatic rings. The van der Waals surface area contributed by atoms with Gasteiger partial charge in [-0.15, -0.1) is 0 Å². The van der Waals surface area contributed by atoms with Gasteiger partial charge in [-0.2, -0.15) is 10.9 Å². The molecule has 0 saturated heterocycles. The number of hydrogen-bond acceptors (Lipinski definition) is 1. The van der Waals surface area contributed by atoms with Crippen LogP contribution in [0.25, 0.3) is 0 Å². The van der Waals surface area contributed by atoms with E-state index < -0.39 is 0 Å². The Morgan fingerprint density at radius 2 is 2.09 bits per heavy atom. The van der Waals surface area contributed by atoms with Crippen molar-refractivity contribution in [2.75, 3.05) is 0 Å². The minimum atomic E-state index is -0.232. The van der Waals surface area contributed by atoms with Crippen LogP contribution in [-0.4, -0.2) is 4.98 Å². The zero-order valence-electron chi connectivity index (χ0n) is 5.94. The standard InChI is InChI=1S/C9H8NS/c1-2-6-10-9(5-1)11-7-3-4-8-11/h1,3-8,11H. The number of thiol groups is 1. The van der Waals surface area contributed by atoms with Crippen molar-refractivity contribution in [1.29, 1.82) is 0 Å². The molecule has 0 N–H and O–H groups in total. The highest BCUT2D eigenvalue weighted by Crippen LogP contribution is 2.39. The quantitative estimate of drug-likeness (QED) is 0.625. The summed E-state index contributed by atoms with van der Waals surface area (Å²) in [4.78, 5) is 4.23. The molecule has 0 aliphatic carbocycles. The summed E-state index contributed by atoms with van der Waals surface area (Å²) in [6.45, 7) is 0. The smallest absolute Gasteiger partial charge is 0.0834 e. The number of pyridine rings is 1. The van der Waals surface area contributed by atoms with E-state index in [2.05, 4.69) is 34.0 Å². The van der Waals surface area contributed by atoms with Crippen molar-refractivity contribution in [3.8, 4) is 0 Å². The normalized spacial score (nSPS) is 17.6. The molecule has 11 heavy (non-hydrogen) atoms. The molecule has 0 saturated carbocycles. The van der Waals surface area contributed by atoms with Gasteiger partial charge in [-0.3, -0.25) is 4.98 Å². The van der Waals surface area contributed by atoms with Crippen LogP contribution in [-0.2, 0) is 0 Å². The first-order chi connectivity index (χ1) is 5.47. The lowest BCUT2D eigenvalue weighted by atomic mass is 10.5. The van der Waals surface area contributed by atoms with Crippen molar-refractivity contribution in [3.05, 3.63) is 47.4 Å². The molecule has 0 amide bonds. The van der Waals surface area contributed by atoms with Crippen LogP contribution in [0.2, 0.25) is 0 Å². The lowest BCUT2D eigenvalue weighted by Crippen LogP contribution is -1.78. The predicted molar refractivity (Wildman–Crippen MR) is 48.6 cm³/mol. The Hall–Kier alpha value is -1.02. The molecule has 1 radical (unpaired) electrons. The summed E-state index contributed by atoms with van der Waals surface area (Å²) in [6.07, 6.45) is 5.87. The Kier molecular flexibility index (Phi) is 1.78. The van der Waals surface area contributed by atoms with Gasteiger partial charge in [-0.25, -0.2) is 0 Å². The second-order valence-electron chi connectivity index (χ2n) is 2.21. The van der Waals surface area contributed by atoms with Crippen LogP contribution in [0.15, 0.2) is 46.3 Å². The van der Waals surface area contributed by atoms with Crippen LogP contribution in [0.1, 0.15) is 0 Å². The minimum Gasteiger partial charge on any atom is -0.250 e. The SMILES string of the molecule is [c]1ccc([SH]2C=CC=C2)nc1. The zero-order valence-corrected chi connectivity index (χ0v) is 6.83. The first-order valence-corrected chi connectivity index (χ1v) is 4.90. The van der Waals surface area contributed by atoms with Crippen molar-refractivity contribution in [2.24, 2.45) is 0 Å². The lowest BCUT2D eigenvalue weighted by Gasteiger charge is -2.06. The van der Waals surface area contributed by atoms with Crippen molar-refractivity contribution in [3.63, 3.8) is 0 Å². The average Bonchev–Trinajstić information content (AvgIpc) is 2.58. The van der Waals surface area contributed by atoms with Gasteiger partial charge in [-0.05, 0) is 16.9 Å². The third kappa shape index (κ3) is 1.35. The predicted octanol–water partition coefficient (Wildman–Crippen LogP) is 2.28. The molecular formula is C9H8NS. The van der Waals surface area contributed by atoms with E-state index in [0.29, 0.717) is 0 Å². The van der Waals surface area contributed by atoms with Gasteiger partial charge in [0.15, 0.2) is 0 Å². The molecule has 2 heterocycles. The van der Waals surface area contributed by atoms with Gasteiger partial charge in [0.25, 0.3) is 0 Å². The van der Waals surface area contributed by atoms with E-state index in [1.165, 1.54) is 0 Å². The van der Waals surface area contributed by atoms with Gasteiger partial charge < -0.3 is 0 Å². The van der Waals surface area contributed by atoms with Gasteiger partial charge in [0.1, 0.15) is 0 Å². The number of hydrogen-bond donors (Lipinski definition) is 1. The van der Waals surface area contributed by atoms with Crippen LogP contribution in [0.5, 0.6) is 0 Å². The third-order valence-electron chi connectivity index (χ3n) is 1.47. The Morgan fingerprint density at radius 1 is 1.27 bits per heavy atom. The average molecular weight is 162 g/mol. The molecule has 1 aliphatic rings. The molecule has 0 fully saturated rings. The molecule has 1 aliphatic heterocycles. The third-order valence-corrected chi connectivity index (χ3v) is 3.25. The fourth-order valence-electron chi connectivity index (χ4n) is 0.952. The summed E-state index contributed by atoms with van der Waals surface area (Å²) < 4.78 is 0. The van der Waals surface area contributed by atoms with Crippen LogP contribution < -0.4 is 0 Å². The molecule has 1 nitrogen and oxygen atoms in total. The Labute approximate surface area is 68.8 Å². The molecular weight excluding hydrogens is 154 g/mol. The molecule has 0 aromatic carbocycles. The number of nitrogens with zero attached hydrogens (tertiary/aromatic N) is 1. The topological polar surface area (TPSA) is 12.9 Å². The van der Waals surface area contributed by atoms with Crippen LogP contribution in [0.4, 0.5) is 0 Å². The van der Waals surface area contributed by atoms with Crippen molar-refractivity contribution >= 4 is 10.9 Å². The Balaban J connectivity index is 2.30. The molecule has 1 aromatic heterocycles. The summed E-state index contributed by atoms with van der Waals surface area (Å²) in [7, 11) is -0.232. The van der Waals surface area contributed by atoms with Crippen molar-refractivity contribution < 1.29 is 0 Å². The fourth-order valence-corrected chi connectivity index (χ4v) is 2.36. The molecule has 2 heteroatoms. The second kappa shape index (κ2) is 2.93. The van der Waals surface area contributed by atoms with Crippen LogP contribution >= 0.6 is 10.9 Å². The first kappa shape index (κ1) is 6.68. The second-order valence-corrected chi connectivity index (χ2v) is 4.08. The van der Waals surface area contributed by atoms with E-state index in [1.807, 2.05) is 12.1 Å². The van der Waals surface area contributed by atoms with Gasteiger partial charge in [0.05, 0.1) is 5.03 Å². The van der Waals surface area contributed by atoms with E-state index in [9.17, 15) is 0 Å². The molecule has 0 atom stereocenters. The maximum Gasteiger partial charge on any atom is 0.0834 e. The summed E-state index contributed by atoms with van der Waals surface area (Å²) in [6, 6.07) is 6.83. The lowest BCUT2D eigenvalue weighted by molar-refractivity contribution is 1.13. The molecule has 2 rings (SSSR count). The monoisotopic (exact) mass is 162 g/mol. The molecule has 55 valence electrons. The van der Waals surface area contributed by atoms with E-state index in [4.69, 9.17) is 0 Å². The van der Waals surface area contributed by atoms with Gasteiger partial charge in [0, 0.05) is 12.3 Å². The van der Waals surface area contributed by atoms with E-state index in [1.54, 1.807) is 6.20 Å². The highest BCUT2D eigenvalue weighted by atomic mass is 32.2. The maximum atomic E-state index is 4.23. The van der Waals surface area contributed by atoms with Crippen molar-refractivity contribution in [2.45, 2.75) is 5.03 Å². The van der Waals surface area contributed by atoms with E-state index in [0.717, 1.165) is 5.03 Å². The first-order valence-electron chi connectivity index (χ1n) is 3.42. The Morgan fingerprint density at radius 3 is 2.73 bits per heavy atom. The fraction of sp³-hybridized carbons (Fsp3) is 0. The zero-order chi connectivity index (χ0) is 7.52. The molecule has 0 unspecified atom stereocenters. The van der Waals surface area contributed by atoms with Crippen LogP contribution in [0.3, 0.4) is 0 Å². The molecule has 0 spiro atoms. The number of allylic oxidation sites excluding steroid dienone is 2. The summed E-state index contributed by atoms with van der Waals surface area (Å²) in [5, 5.41) is 5.54. The summed E-state index contributed by atoms with van der Waals surface area (Å²) >= 11 is 0. The Bertz CT molecular complexity index is 278. The number of aromatic nitrogens is 1. The maximum absolute atomic E-state index is 4.23. The van der Waals surface area contributed by atoms with E-state index >= 15 is 0 Å². The highest BCUT2D eigenvalue weighted by Gasteiger charge is 2.01. The largest absolute Gasteiger partial charge is 0.250 e. The van der Waals surface area contributed by atoms with Gasteiger partial charge in [0.2, 0.25) is 0 Å². The summed E-state index contributed by atoms with van der Waals surface area (Å²) in [5.74, 6) is 0. The highest BCUT2D eigenvalue weighted by molar-refractivity contribution is 8.22. The van der Waals surface area contributed by atoms with Crippen LogP contribution in [0, 0.1) is 6.07 Å². The summed E-state index contributed by atoms with van der Waals surface area (Å²) in [5.41, 5.74) is 0. The number of rotatable bonds is 1. The van der Waals surface area contributed by atoms with Gasteiger partial charge in [-0.1, -0.05) is 18.2 Å². The minimum absolute atomic E-state index is 0.232. The van der Waals surface area contributed by atoms with Crippen molar-refractivity contribution in [1.82, 2.24) is 4.98 Å². The van der Waals surface area contributed by atoms with Gasteiger partial charge >= 0.3 is 0 Å². The van der Waals surface area contributed by atoms with E-state index in [-0.39, 0.29) is 10.9 Å².